The van der Waals surface area contributed by atoms with Gasteiger partial charge in [0.25, 0.3) is 11.1 Å². The van der Waals surface area contributed by atoms with Crippen molar-refractivity contribution < 1.29 is 23.9 Å². The fourth-order valence-electron chi connectivity index (χ4n) is 3.87. The molecule has 1 heterocycles. The van der Waals surface area contributed by atoms with Gasteiger partial charge in [-0.15, -0.1) is 0 Å². The molecule has 0 spiro atoms. The van der Waals surface area contributed by atoms with Gasteiger partial charge in [-0.05, 0) is 115 Å². The highest BCUT2D eigenvalue weighted by Crippen LogP contribution is 2.38. The quantitative estimate of drug-likeness (QED) is 0.200. The highest BCUT2D eigenvalue weighted by atomic mass is 127. The molecule has 1 N–H and O–H groups in total. The third-order valence-corrected chi connectivity index (χ3v) is 7.81. The van der Waals surface area contributed by atoms with Crippen LogP contribution in [0.2, 0.25) is 0 Å². The number of amides is 3. The van der Waals surface area contributed by atoms with Gasteiger partial charge in [0.05, 0.1) is 15.1 Å². The van der Waals surface area contributed by atoms with Crippen LogP contribution in [0.3, 0.4) is 0 Å². The molecule has 1 saturated heterocycles. The van der Waals surface area contributed by atoms with E-state index in [4.69, 9.17) is 9.47 Å². The molecular formula is C30H29IN2O5S. The van der Waals surface area contributed by atoms with Crippen molar-refractivity contribution in [3.63, 3.8) is 0 Å². The molecule has 9 heteroatoms. The number of hydrogen-bond acceptors (Lipinski definition) is 6. The molecule has 0 aromatic heterocycles. The minimum Gasteiger partial charge on any atom is -0.490 e. The van der Waals surface area contributed by atoms with Crippen molar-refractivity contribution in [3.05, 3.63) is 90.9 Å². The SMILES string of the molecule is CCOc1cc(/C=C2/SC(=O)N(CC(=O)Nc3ccc(C)c(C)c3)C2=O)cc(I)c1OCc1ccc(C)cc1. The van der Waals surface area contributed by atoms with E-state index in [1.807, 2.05) is 70.2 Å². The number of nitrogens with one attached hydrogen (secondary N) is 1. The first kappa shape index (κ1) is 28.7. The third kappa shape index (κ3) is 7.21. The number of benzene rings is 3. The molecule has 1 fully saturated rings. The number of carbonyl (C=O) groups excluding carboxylic acids is 3. The number of nitrogens with zero attached hydrogens (tertiary/aromatic N) is 1. The van der Waals surface area contributed by atoms with Gasteiger partial charge in [0, 0.05) is 5.69 Å². The van der Waals surface area contributed by atoms with E-state index in [9.17, 15) is 14.4 Å². The van der Waals surface area contributed by atoms with Crippen molar-refractivity contribution in [3.8, 4) is 11.5 Å². The van der Waals surface area contributed by atoms with Crippen LogP contribution in [-0.2, 0) is 16.2 Å². The summed E-state index contributed by atoms with van der Waals surface area (Å²) in [6, 6.07) is 17.3. The lowest BCUT2D eigenvalue weighted by atomic mass is 10.1. The molecule has 7 nitrogen and oxygen atoms in total. The molecule has 0 saturated carbocycles. The van der Waals surface area contributed by atoms with Gasteiger partial charge < -0.3 is 14.8 Å². The maximum atomic E-state index is 13.0. The first-order valence-electron chi connectivity index (χ1n) is 12.4. The van der Waals surface area contributed by atoms with Crippen LogP contribution >= 0.6 is 34.4 Å². The number of halogens is 1. The second-order valence-electron chi connectivity index (χ2n) is 9.15. The van der Waals surface area contributed by atoms with E-state index in [0.29, 0.717) is 36.0 Å². The van der Waals surface area contributed by atoms with E-state index in [2.05, 4.69) is 27.9 Å². The van der Waals surface area contributed by atoms with Crippen molar-refractivity contribution in [2.24, 2.45) is 0 Å². The lowest BCUT2D eigenvalue weighted by Gasteiger charge is -2.15. The molecule has 0 bridgehead atoms. The van der Waals surface area contributed by atoms with Crippen molar-refractivity contribution >= 4 is 63.2 Å². The van der Waals surface area contributed by atoms with Gasteiger partial charge >= 0.3 is 0 Å². The summed E-state index contributed by atoms with van der Waals surface area (Å²) < 4.78 is 12.8. The van der Waals surface area contributed by atoms with Crippen LogP contribution in [0.1, 0.15) is 34.7 Å². The van der Waals surface area contributed by atoms with Crippen molar-refractivity contribution in [2.75, 3.05) is 18.5 Å². The standard InChI is InChI=1S/C30H29IN2O5S/c1-5-37-25-14-22(13-24(31)28(25)38-17-21-9-6-18(2)7-10-21)15-26-29(35)33(30(36)39-26)16-27(34)32-23-11-8-19(3)20(4)12-23/h6-15H,5,16-17H2,1-4H3,(H,32,34)/b26-15+. The number of hydrogen-bond donors (Lipinski definition) is 1. The lowest BCUT2D eigenvalue weighted by Crippen LogP contribution is -2.36. The van der Waals surface area contributed by atoms with E-state index in [0.717, 1.165) is 36.9 Å². The topological polar surface area (TPSA) is 84.9 Å². The predicted molar refractivity (Wildman–Crippen MR) is 163 cm³/mol. The molecule has 3 aromatic rings. The average Bonchev–Trinajstić information content (AvgIpc) is 3.14. The number of imide groups is 1. The fraction of sp³-hybridized carbons (Fsp3) is 0.233. The Labute approximate surface area is 246 Å². The second kappa shape index (κ2) is 12.7. The molecule has 3 amide bonds. The van der Waals surface area contributed by atoms with E-state index in [1.165, 1.54) is 5.56 Å². The molecule has 3 aromatic carbocycles. The maximum absolute atomic E-state index is 13.0. The first-order chi connectivity index (χ1) is 18.6. The van der Waals surface area contributed by atoms with Gasteiger partial charge in [0.15, 0.2) is 11.5 Å². The van der Waals surface area contributed by atoms with E-state index >= 15 is 0 Å². The first-order valence-corrected chi connectivity index (χ1v) is 14.3. The number of ether oxygens (including phenoxy) is 2. The summed E-state index contributed by atoms with van der Waals surface area (Å²) in [5, 5.41) is 2.27. The normalized spacial score (nSPS) is 14.2. The average molecular weight is 657 g/mol. The number of carbonyl (C=O) groups is 3. The van der Waals surface area contributed by atoms with Gasteiger partial charge in [0.2, 0.25) is 5.91 Å². The van der Waals surface area contributed by atoms with Crippen LogP contribution in [0.15, 0.2) is 59.5 Å². The van der Waals surface area contributed by atoms with Gasteiger partial charge in [-0.3, -0.25) is 19.3 Å². The summed E-state index contributed by atoms with van der Waals surface area (Å²) >= 11 is 2.99. The van der Waals surface area contributed by atoms with E-state index < -0.39 is 17.1 Å². The number of thioether (sulfide) groups is 1. The monoisotopic (exact) mass is 656 g/mol. The fourth-order valence-corrected chi connectivity index (χ4v) is 5.48. The Hall–Kier alpha value is -3.31. The van der Waals surface area contributed by atoms with Gasteiger partial charge in [-0.1, -0.05) is 35.9 Å². The molecule has 4 rings (SSSR count). The molecule has 0 aliphatic carbocycles. The molecule has 0 unspecified atom stereocenters. The van der Waals surface area contributed by atoms with Crippen molar-refractivity contribution in [2.45, 2.75) is 34.3 Å². The zero-order valence-corrected chi connectivity index (χ0v) is 25.1. The van der Waals surface area contributed by atoms with Crippen LogP contribution in [0.4, 0.5) is 10.5 Å². The Kier molecular flexibility index (Phi) is 9.34. The molecule has 39 heavy (non-hydrogen) atoms. The summed E-state index contributed by atoms with van der Waals surface area (Å²) in [7, 11) is 0. The maximum Gasteiger partial charge on any atom is 0.294 e. The highest BCUT2D eigenvalue weighted by molar-refractivity contribution is 14.1. The summed E-state index contributed by atoms with van der Waals surface area (Å²) in [6.07, 6.45) is 1.64. The largest absolute Gasteiger partial charge is 0.490 e. The smallest absolute Gasteiger partial charge is 0.294 e. The summed E-state index contributed by atoms with van der Waals surface area (Å²) in [5.41, 5.74) is 5.67. The summed E-state index contributed by atoms with van der Waals surface area (Å²) in [6.45, 7) is 8.32. The lowest BCUT2D eigenvalue weighted by molar-refractivity contribution is -0.127. The zero-order valence-electron chi connectivity index (χ0n) is 22.2. The van der Waals surface area contributed by atoms with Crippen LogP contribution in [0.25, 0.3) is 6.08 Å². The molecule has 1 aliphatic rings. The van der Waals surface area contributed by atoms with Crippen LogP contribution in [-0.4, -0.2) is 35.1 Å². The minimum absolute atomic E-state index is 0.241. The zero-order chi connectivity index (χ0) is 28.1. The highest BCUT2D eigenvalue weighted by Gasteiger charge is 2.36. The molecule has 0 atom stereocenters. The summed E-state index contributed by atoms with van der Waals surface area (Å²) in [5.74, 6) is 0.221. The van der Waals surface area contributed by atoms with Crippen molar-refractivity contribution in [1.82, 2.24) is 4.90 Å². The number of anilines is 1. The molecule has 202 valence electrons. The Morgan fingerprint density at radius 1 is 1.00 bits per heavy atom. The van der Waals surface area contributed by atoms with E-state index in [-0.39, 0.29) is 11.4 Å². The summed E-state index contributed by atoms with van der Waals surface area (Å²) in [4.78, 5) is 39.4. The van der Waals surface area contributed by atoms with Crippen molar-refractivity contribution in [1.29, 1.82) is 0 Å². The number of aryl methyl sites for hydroxylation is 3. The predicted octanol–water partition coefficient (Wildman–Crippen LogP) is 6.87. The Balaban J connectivity index is 1.48. The van der Waals surface area contributed by atoms with Crippen LogP contribution in [0.5, 0.6) is 11.5 Å². The second-order valence-corrected chi connectivity index (χ2v) is 11.3. The van der Waals surface area contributed by atoms with Gasteiger partial charge in [-0.25, -0.2) is 0 Å². The van der Waals surface area contributed by atoms with Gasteiger partial charge in [0.1, 0.15) is 13.2 Å². The van der Waals surface area contributed by atoms with Gasteiger partial charge in [-0.2, -0.15) is 0 Å². The van der Waals surface area contributed by atoms with Crippen LogP contribution in [0, 0.1) is 24.3 Å². The Morgan fingerprint density at radius 3 is 2.44 bits per heavy atom. The Bertz CT molecular complexity index is 1450. The minimum atomic E-state index is -0.507. The molecular weight excluding hydrogens is 627 g/mol. The Morgan fingerprint density at radius 2 is 1.74 bits per heavy atom. The molecule has 0 radical (unpaired) electrons. The van der Waals surface area contributed by atoms with Crippen LogP contribution < -0.4 is 14.8 Å². The number of rotatable bonds is 9. The van der Waals surface area contributed by atoms with E-state index in [1.54, 1.807) is 18.2 Å². The molecule has 1 aliphatic heterocycles. The third-order valence-electron chi connectivity index (χ3n) is 6.10.